The first-order valence-electron chi connectivity index (χ1n) is 5.77. The van der Waals surface area contributed by atoms with Gasteiger partial charge in [0.25, 0.3) is 5.91 Å². The third-order valence-corrected chi connectivity index (χ3v) is 3.31. The lowest BCUT2D eigenvalue weighted by atomic mass is 10.1. The number of carbonyl (C=O) groups is 1. The van der Waals surface area contributed by atoms with Gasteiger partial charge in [-0.05, 0) is 14.0 Å². The van der Waals surface area contributed by atoms with E-state index >= 15 is 0 Å². The molecule has 1 aromatic rings. The van der Waals surface area contributed by atoms with Gasteiger partial charge in [0, 0.05) is 32.7 Å². The number of anilines is 1. The van der Waals surface area contributed by atoms with Gasteiger partial charge in [0.2, 0.25) is 0 Å². The van der Waals surface area contributed by atoms with Crippen LogP contribution in [0.3, 0.4) is 0 Å². The number of hydrogen-bond donors (Lipinski definition) is 1. The summed E-state index contributed by atoms with van der Waals surface area (Å²) in [6, 6.07) is 0.209. The van der Waals surface area contributed by atoms with Gasteiger partial charge < -0.3 is 15.5 Å². The summed E-state index contributed by atoms with van der Waals surface area (Å²) in [5.41, 5.74) is 6.33. The standard InChI is InChI=1S/C11H19N5O/c1-8-7-14(2)4-5-16(8)11(17)9-6-13-15(3)10(9)12/h6,8H,4-5,7,12H2,1-3H3. The first-order valence-corrected chi connectivity index (χ1v) is 5.77. The van der Waals surface area contributed by atoms with Crippen LogP contribution in [0, 0.1) is 0 Å². The molecular weight excluding hydrogens is 218 g/mol. The number of rotatable bonds is 1. The Kier molecular flexibility index (Phi) is 3.06. The fourth-order valence-corrected chi connectivity index (χ4v) is 2.21. The average Bonchev–Trinajstić information content (AvgIpc) is 2.59. The Morgan fingerprint density at radius 3 is 2.71 bits per heavy atom. The highest BCUT2D eigenvalue weighted by Crippen LogP contribution is 2.16. The van der Waals surface area contributed by atoms with Crippen LogP contribution in [0.1, 0.15) is 17.3 Å². The van der Waals surface area contributed by atoms with Crippen LogP contribution in [0.25, 0.3) is 0 Å². The van der Waals surface area contributed by atoms with E-state index in [1.165, 1.54) is 4.68 Å². The van der Waals surface area contributed by atoms with Crippen molar-refractivity contribution in [1.82, 2.24) is 19.6 Å². The van der Waals surface area contributed by atoms with Crippen LogP contribution in [-0.4, -0.2) is 58.2 Å². The SMILES string of the molecule is CC1CN(C)CCN1C(=O)c1cnn(C)c1N. The zero-order valence-electron chi connectivity index (χ0n) is 10.6. The Bertz CT molecular complexity index is 427. The summed E-state index contributed by atoms with van der Waals surface area (Å²) in [4.78, 5) is 16.4. The molecule has 1 atom stereocenters. The van der Waals surface area contributed by atoms with Crippen LogP contribution in [0.2, 0.25) is 0 Å². The number of hydrogen-bond acceptors (Lipinski definition) is 4. The number of aromatic nitrogens is 2. The Morgan fingerprint density at radius 2 is 2.18 bits per heavy atom. The zero-order chi connectivity index (χ0) is 12.6. The van der Waals surface area contributed by atoms with Crippen LogP contribution >= 0.6 is 0 Å². The molecule has 0 aliphatic carbocycles. The Balaban J connectivity index is 2.18. The van der Waals surface area contributed by atoms with Crippen molar-refractivity contribution in [3.05, 3.63) is 11.8 Å². The van der Waals surface area contributed by atoms with E-state index in [4.69, 9.17) is 5.73 Å². The minimum Gasteiger partial charge on any atom is -0.383 e. The summed E-state index contributed by atoms with van der Waals surface area (Å²) in [5.74, 6) is 0.414. The fraction of sp³-hybridized carbons (Fsp3) is 0.636. The molecule has 6 nitrogen and oxygen atoms in total. The molecular formula is C11H19N5O. The summed E-state index contributed by atoms with van der Waals surface area (Å²) in [7, 11) is 3.80. The Hall–Kier alpha value is -1.56. The molecule has 0 spiro atoms. The summed E-state index contributed by atoms with van der Waals surface area (Å²) >= 11 is 0. The van der Waals surface area contributed by atoms with E-state index in [9.17, 15) is 4.79 Å². The van der Waals surface area contributed by atoms with Crippen molar-refractivity contribution >= 4 is 11.7 Å². The number of likely N-dealkylation sites (N-methyl/N-ethyl adjacent to an activating group) is 1. The molecule has 94 valence electrons. The topological polar surface area (TPSA) is 67.4 Å². The van der Waals surface area contributed by atoms with E-state index in [0.717, 1.165) is 19.6 Å². The maximum Gasteiger partial charge on any atom is 0.259 e. The normalized spacial score (nSPS) is 21.8. The molecule has 2 N–H and O–H groups in total. The molecule has 2 rings (SSSR count). The lowest BCUT2D eigenvalue weighted by Crippen LogP contribution is -2.52. The van der Waals surface area contributed by atoms with Crippen molar-refractivity contribution < 1.29 is 4.79 Å². The van der Waals surface area contributed by atoms with Crippen molar-refractivity contribution in [2.75, 3.05) is 32.4 Å². The maximum absolute atomic E-state index is 12.3. The van der Waals surface area contributed by atoms with Gasteiger partial charge in [0.1, 0.15) is 11.4 Å². The summed E-state index contributed by atoms with van der Waals surface area (Å²) in [6.45, 7) is 4.59. The predicted octanol–water partition coefficient (Wildman–Crippen LogP) is -0.222. The largest absolute Gasteiger partial charge is 0.383 e. The highest BCUT2D eigenvalue weighted by Gasteiger charge is 2.28. The number of nitrogen functional groups attached to an aromatic ring is 1. The van der Waals surface area contributed by atoms with Crippen molar-refractivity contribution in [3.63, 3.8) is 0 Å². The van der Waals surface area contributed by atoms with Crippen LogP contribution in [-0.2, 0) is 7.05 Å². The van der Waals surface area contributed by atoms with E-state index < -0.39 is 0 Å². The molecule has 0 radical (unpaired) electrons. The molecule has 0 saturated carbocycles. The fourth-order valence-electron chi connectivity index (χ4n) is 2.21. The monoisotopic (exact) mass is 237 g/mol. The highest BCUT2D eigenvalue weighted by atomic mass is 16.2. The Labute approximate surface area is 101 Å². The Morgan fingerprint density at radius 1 is 1.47 bits per heavy atom. The van der Waals surface area contributed by atoms with Gasteiger partial charge in [-0.2, -0.15) is 5.10 Å². The van der Waals surface area contributed by atoms with Gasteiger partial charge in [0.05, 0.1) is 6.20 Å². The molecule has 1 fully saturated rings. The molecule has 1 aliphatic heterocycles. The third kappa shape index (κ3) is 2.12. The smallest absolute Gasteiger partial charge is 0.259 e. The van der Waals surface area contributed by atoms with E-state index in [-0.39, 0.29) is 11.9 Å². The number of nitrogens with two attached hydrogens (primary N) is 1. The van der Waals surface area contributed by atoms with E-state index in [2.05, 4.69) is 24.0 Å². The summed E-state index contributed by atoms with van der Waals surface area (Å²) in [6.07, 6.45) is 1.54. The molecule has 1 aromatic heterocycles. The second kappa shape index (κ2) is 4.37. The summed E-state index contributed by atoms with van der Waals surface area (Å²) < 4.78 is 1.52. The number of nitrogens with zero attached hydrogens (tertiary/aromatic N) is 4. The van der Waals surface area contributed by atoms with E-state index in [0.29, 0.717) is 11.4 Å². The van der Waals surface area contributed by atoms with Gasteiger partial charge in [-0.3, -0.25) is 9.48 Å². The second-order valence-electron chi connectivity index (χ2n) is 4.68. The molecule has 1 amide bonds. The molecule has 17 heavy (non-hydrogen) atoms. The molecule has 2 heterocycles. The number of aryl methyl sites for hydroxylation is 1. The van der Waals surface area contributed by atoms with Crippen LogP contribution in [0.5, 0.6) is 0 Å². The number of piperazine rings is 1. The average molecular weight is 237 g/mol. The maximum atomic E-state index is 12.3. The predicted molar refractivity (Wildman–Crippen MR) is 65.6 cm³/mol. The first kappa shape index (κ1) is 11.9. The van der Waals surface area contributed by atoms with Crippen molar-refractivity contribution in [2.24, 2.45) is 7.05 Å². The zero-order valence-corrected chi connectivity index (χ0v) is 10.6. The molecule has 1 saturated heterocycles. The minimum atomic E-state index is -0.0174. The van der Waals surface area contributed by atoms with E-state index in [1.54, 1.807) is 13.2 Å². The van der Waals surface area contributed by atoms with Crippen molar-refractivity contribution in [1.29, 1.82) is 0 Å². The van der Waals surface area contributed by atoms with Crippen molar-refractivity contribution in [3.8, 4) is 0 Å². The van der Waals surface area contributed by atoms with Crippen molar-refractivity contribution in [2.45, 2.75) is 13.0 Å². The van der Waals surface area contributed by atoms with Crippen LogP contribution < -0.4 is 5.73 Å². The number of carbonyl (C=O) groups excluding carboxylic acids is 1. The van der Waals surface area contributed by atoms with E-state index in [1.807, 2.05) is 4.90 Å². The summed E-state index contributed by atoms with van der Waals surface area (Å²) in [5, 5.41) is 4.01. The van der Waals surface area contributed by atoms with Gasteiger partial charge in [-0.25, -0.2) is 0 Å². The van der Waals surface area contributed by atoms with Gasteiger partial charge >= 0.3 is 0 Å². The van der Waals surface area contributed by atoms with Crippen LogP contribution in [0.4, 0.5) is 5.82 Å². The lowest BCUT2D eigenvalue weighted by molar-refractivity contribution is 0.0534. The quantitative estimate of drug-likeness (QED) is 0.733. The second-order valence-corrected chi connectivity index (χ2v) is 4.68. The molecule has 1 aliphatic rings. The van der Waals surface area contributed by atoms with Gasteiger partial charge in [-0.1, -0.05) is 0 Å². The third-order valence-electron chi connectivity index (χ3n) is 3.31. The first-order chi connectivity index (χ1) is 8.00. The van der Waals surface area contributed by atoms with Gasteiger partial charge in [0.15, 0.2) is 0 Å². The molecule has 6 heteroatoms. The van der Waals surface area contributed by atoms with Gasteiger partial charge in [-0.15, -0.1) is 0 Å². The lowest BCUT2D eigenvalue weighted by Gasteiger charge is -2.38. The molecule has 1 unspecified atom stereocenters. The molecule has 0 aromatic carbocycles. The highest BCUT2D eigenvalue weighted by molar-refractivity contribution is 5.98. The minimum absolute atomic E-state index is 0.0174. The molecule has 0 bridgehead atoms. The number of amides is 1. The van der Waals surface area contributed by atoms with Crippen LogP contribution in [0.15, 0.2) is 6.20 Å².